The molecule has 0 spiro atoms. The van der Waals surface area contributed by atoms with Crippen LogP contribution in [0, 0.1) is 5.92 Å². The van der Waals surface area contributed by atoms with Gasteiger partial charge in [0.15, 0.2) is 0 Å². The molecular formula is C24H35N3O4. The van der Waals surface area contributed by atoms with Crippen LogP contribution in [-0.4, -0.2) is 35.6 Å². The summed E-state index contributed by atoms with van der Waals surface area (Å²) >= 11 is 0. The Morgan fingerprint density at radius 3 is 2.16 bits per heavy atom. The maximum absolute atomic E-state index is 12.7. The summed E-state index contributed by atoms with van der Waals surface area (Å²) in [6, 6.07) is 6.91. The van der Waals surface area contributed by atoms with Crippen molar-refractivity contribution in [1.82, 2.24) is 10.6 Å². The maximum Gasteiger partial charge on any atom is 0.408 e. The van der Waals surface area contributed by atoms with E-state index < -0.39 is 17.2 Å². The minimum Gasteiger partial charge on any atom is -0.444 e. The number of rotatable bonds is 6. The molecule has 7 nitrogen and oxygen atoms in total. The van der Waals surface area contributed by atoms with Crippen molar-refractivity contribution in [3.63, 3.8) is 0 Å². The molecule has 7 heteroatoms. The van der Waals surface area contributed by atoms with Crippen LogP contribution >= 0.6 is 0 Å². The minimum absolute atomic E-state index is 0.0423. The lowest BCUT2D eigenvalue weighted by molar-refractivity contribution is -0.117. The summed E-state index contributed by atoms with van der Waals surface area (Å²) in [4.78, 5) is 37.1. The van der Waals surface area contributed by atoms with Crippen molar-refractivity contribution in [2.45, 2.75) is 83.3 Å². The smallest absolute Gasteiger partial charge is 0.408 e. The summed E-state index contributed by atoms with van der Waals surface area (Å²) < 4.78 is 5.47. The summed E-state index contributed by atoms with van der Waals surface area (Å²) in [6.07, 6.45) is 7.31. The maximum atomic E-state index is 12.7. The van der Waals surface area contributed by atoms with Gasteiger partial charge in [-0.25, -0.2) is 4.79 Å². The fraction of sp³-hybridized carbons (Fsp3) is 0.625. The third-order valence-electron chi connectivity index (χ3n) is 5.78. The monoisotopic (exact) mass is 429 g/mol. The third kappa shape index (κ3) is 7.26. The molecule has 2 fully saturated rings. The molecule has 0 bridgehead atoms. The van der Waals surface area contributed by atoms with E-state index >= 15 is 0 Å². The zero-order chi connectivity index (χ0) is 22.5. The zero-order valence-electron chi connectivity index (χ0n) is 18.9. The van der Waals surface area contributed by atoms with Gasteiger partial charge in [0.05, 0.1) is 5.54 Å². The summed E-state index contributed by atoms with van der Waals surface area (Å²) in [6.45, 7) is 5.87. The summed E-state index contributed by atoms with van der Waals surface area (Å²) in [5, 5.41) is 8.93. The number of nitrogens with one attached hydrogen (secondary N) is 3. The highest BCUT2D eigenvalue weighted by atomic mass is 16.6. The number of anilines is 1. The topological polar surface area (TPSA) is 96.5 Å². The average Bonchev–Trinajstić information content (AvgIpc) is 3.53. The van der Waals surface area contributed by atoms with Crippen molar-refractivity contribution in [3.05, 3.63) is 29.8 Å². The lowest BCUT2D eigenvalue weighted by atomic mass is 9.90. The van der Waals surface area contributed by atoms with E-state index in [2.05, 4.69) is 16.0 Å². The number of amides is 3. The molecule has 0 aromatic heterocycles. The van der Waals surface area contributed by atoms with Gasteiger partial charge in [0.2, 0.25) is 5.91 Å². The van der Waals surface area contributed by atoms with E-state index in [4.69, 9.17) is 4.74 Å². The highest BCUT2D eigenvalue weighted by Gasteiger charge is 2.35. The molecule has 2 aliphatic carbocycles. The van der Waals surface area contributed by atoms with Crippen LogP contribution in [0.5, 0.6) is 0 Å². The van der Waals surface area contributed by atoms with Crippen LogP contribution < -0.4 is 16.0 Å². The van der Waals surface area contributed by atoms with E-state index in [0.29, 0.717) is 17.8 Å². The first kappa shape index (κ1) is 23.1. The second-order valence-electron chi connectivity index (χ2n) is 9.84. The molecule has 2 saturated carbocycles. The van der Waals surface area contributed by atoms with Crippen molar-refractivity contribution in [2.75, 3.05) is 11.9 Å². The summed E-state index contributed by atoms with van der Waals surface area (Å²) in [5.41, 5.74) is 0.133. The van der Waals surface area contributed by atoms with Crippen molar-refractivity contribution in [2.24, 2.45) is 5.92 Å². The molecule has 3 N–H and O–H groups in total. The van der Waals surface area contributed by atoms with Crippen LogP contribution in [0.15, 0.2) is 24.3 Å². The van der Waals surface area contributed by atoms with Gasteiger partial charge in [-0.15, -0.1) is 0 Å². The Balaban J connectivity index is 1.59. The molecule has 0 heterocycles. The Kier molecular flexibility index (Phi) is 7.23. The highest BCUT2D eigenvalue weighted by molar-refractivity contribution is 5.96. The van der Waals surface area contributed by atoms with E-state index in [1.54, 1.807) is 24.3 Å². The molecule has 3 amide bonds. The van der Waals surface area contributed by atoms with Crippen molar-refractivity contribution >= 4 is 23.6 Å². The number of hydrogen-bond acceptors (Lipinski definition) is 4. The van der Waals surface area contributed by atoms with E-state index in [1.807, 2.05) is 20.8 Å². The van der Waals surface area contributed by atoms with Gasteiger partial charge in [-0.2, -0.15) is 0 Å². The van der Waals surface area contributed by atoms with Crippen LogP contribution in [-0.2, 0) is 9.53 Å². The molecular weight excluding hydrogens is 394 g/mol. The number of ether oxygens (including phenoxy) is 1. The van der Waals surface area contributed by atoms with Crippen molar-refractivity contribution in [3.8, 4) is 0 Å². The van der Waals surface area contributed by atoms with Crippen molar-refractivity contribution < 1.29 is 19.1 Å². The lowest BCUT2D eigenvalue weighted by Gasteiger charge is -2.35. The molecule has 3 rings (SSSR count). The first-order valence-corrected chi connectivity index (χ1v) is 11.4. The number of hydrogen-bond donors (Lipinski definition) is 3. The molecule has 0 aliphatic heterocycles. The van der Waals surface area contributed by atoms with Gasteiger partial charge >= 0.3 is 6.09 Å². The van der Waals surface area contributed by atoms with E-state index in [-0.39, 0.29) is 17.7 Å². The van der Waals surface area contributed by atoms with Gasteiger partial charge in [0.25, 0.3) is 5.91 Å². The van der Waals surface area contributed by atoms with Gasteiger partial charge in [-0.05, 0) is 70.7 Å². The normalized spacial score (nSPS) is 18.4. The van der Waals surface area contributed by atoms with E-state index in [0.717, 1.165) is 51.4 Å². The SMILES string of the molecule is CC(C)(C)OC(=O)NC1(CNC(=O)c2ccc(NC(=O)C3CC3)cc2)CCCCCC1. The predicted octanol–water partition coefficient (Wildman–Crippen LogP) is 4.38. The average molecular weight is 430 g/mol. The molecule has 0 radical (unpaired) electrons. The third-order valence-corrected chi connectivity index (χ3v) is 5.78. The molecule has 1 aromatic carbocycles. The zero-order valence-corrected chi connectivity index (χ0v) is 18.9. The molecule has 170 valence electrons. The highest BCUT2D eigenvalue weighted by Crippen LogP contribution is 2.30. The number of carbonyl (C=O) groups is 3. The van der Waals surface area contributed by atoms with E-state index in [1.165, 1.54) is 0 Å². The minimum atomic E-state index is -0.573. The first-order chi connectivity index (χ1) is 14.7. The number of carbonyl (C=O) groups excluding carboxylic acids is 3. The van der Waals surface area contributed by atoms with Gasteiger partial charge in [-0.1, -0.05) is 25.7 Å². The van der Waals surface area contributed by atoms with Gasteiger partial charge < -0.3 is 20.7 Å². The molecule has 0 unspecified atom stereocenters. The van der Waals surface area contributed by atoms with E-state index in [9.17, 15) is 14.4 Å². The summed E-state index contributed by atoms with van der Waals surface area (Å²) in [5.74, 6) is -0.0217. The fourth-order valence-electron chi connectivity index (χ4n) is 3.92. The largest absolute Gasteiger partial charge is 0.444 e. The van der Waals surface area contributed by atoms with Crippen LogP contribution in [0.4, 0.5) is 10.5 Å². The molecule has 2 aliphatic rings. The Bertz CT molecular complexity index is 786. The van der Waals surface area contributed by atoms with Gasteiger partial charge in [0.1, 0.15) is 5.60 Å². The molecule has 0 atom stereocenters. The molecule has 0 saturated heterocycles. The van der Waals surface area contributed by atoms with Gasteiger partial charge in [-0.3, -0.25) is 9.59 Å². The Labute approximate surface area is 184 Å². The fourth-order valence-corrected chi connectivity index (χ4v) is 3.92. The van der Waals surface area contributed by atoms with Gasteiger partial charge in [0, 0.05) is 23.7 Å². The molecule has 31 heavy (non-hydrogen) atoms. The Hall–Kier alpha value is -2.57. The van der Waals surface area contributed by atoms with Crippen LogP contribution in [0.1, 0.15) is 82.5 Å². The molecule has 1 aromatic rings. The predicted molar refractivity (Wildman–Crippen MR) is 120 cm³/mol. The first-order valence-electron chi connectivity index (χ1n) is 11.4. The van der Waals surface area contributed by atoms with Crippen molar-refractivity contribution in [1.29, 1.82) is 0 Å². The number of benzene rings is 1. The quantitative estimate of drug-likeness (QED) is 0.585. The van der Waals surface area contributed by atoms with Crippen LogP contribution in [0.2, 0.25) is 0 Å². The Morgan fingerprint density at radius 2 is 1.61 bits per heavy atom. The number of alkyl carbamates (subject to hydrolysis) is 1. The van der Waals surface area contributed by atoms with Crippen LogP contribution in [0.25, 0.3) is 0 Å². The second kappa shape index (κ2) is 9.71. The standard InChI is InChI=1S/C24H35N3O4/c1-23(2,3)31-22(30)27-24(14-6-4-5-7-15-24)16-25-20(28)17-10-12-19(13-11-17)26-21(29)18-8-9-18/h10-13,18H,4-9,14-16H2,1-3H3,(H,25,28)(H,26,29)(H,27,30). The Morgan fingerprint density at radius 1 is 1.00 bits per heavy atom. The summed E-state index contributed by atoms with van der Waals surface area (Å²) in [7, 11) is 0. The lowest BCUT2D eigenvalue weighted by Crippen LogP contribution is -2.56. The second-order valence-corrected chi connectivity index (χ2v) is 9.84. The van der Waals surface area contributed by atoms with Crippen LogP contribution in [0.3, 0.4) is 0 Å².